The van der Waals surface area contributed by atoms with Gasteiger partial charge in [0.15, 0.2) is 6.23 Å². The van der Waals surface area contributed by atoms with E-state index in [1.54, 1.807) is 0 Å². The first-order valence-corrected chi connectivity index (χ1v) is 12.9. The van der Waals surface area contributed by atoms with Crippen LogP contribution in [0.5, 0.6) is 0 Å². The highest BCUT2D eigenvalue weighted by Gasteiger charge is 2.46. The summed E-state index contributed by atoms with van der Waals surface area (Å²) in [6.07, 6.45) is 2.90. The Hall–Kier alpha value is -1.86. The Balaban J connectivity index is 1.46. The summed E-state index contributed by atoms with van der Waals surface area (Å²) in [6.45, 7) is -0.625. The smallest absolute Gasteiger partial charge is 0.403 e. The number of esters is 1. The summed E-state index contributed by atoms with van der Waals surface area (Å²) in [4.78, 5) is 37.9. The maximum atomic E-state index is 12.3. The van der Waals surface area contributed by atoms with E-state index in [4.69, 9.17) is 24.5 Å². The average molecular weight is 504 g/mol. The fourth-order valence-corrected chi connectivity index (χ4v) is 4.96. The third-order valence-electron chi connectivity index (χ3n) is 5.97. The van der Waals surface area contributed by atoms with Crippen LogP contribution in [-0.4, -0.2) is 70.7 Å². The van der Waals surface area contributed by atoms with Gasteiger partial charge in [0.05, 0.1) is 12.5 Å². The zero-order valence-corrected chi connectivity index (χ0v) is 20.0. The van der Waals surface area contributed by atoms with Crippen molar-refractivity contribution in [1.82, 2.24) is 14.6 Å². The second-order valence-corrected chi connectivity index (χ2v) is 9.99. The van der Waals surface area contributed by atoms with E-state index in [9.17, 15) is 24.2 Å². The number of aromatic nitrogens is 2. The molecule has 2 heterocycles. The fraction of sp³-hybridized carbons (Fsp3) is 0.750. The summed E-state index contributed by atoms with van der Waals surface area (Å²) in [5, 5.41) is 12.8. The minimum absolute atomic E-state index is 0.0286. The van der Waals surface area contributed by atoms with Crippen LogP contribution in [0.25, 0.3) is 0 Å². The molecule has 1 saturated carbocycles. The number of nitrogen functional groups attached to an aromatic ring is 1. The summed E-state index contributed by atoms with van der Waals surface area (Å²) in [7, 11) is -2.95. The Morgan fingerprint density at radius 3 is 2.71 bits per heavy atom. The van der Waals surface area contributed by atoms with E-state index >= 15 is 0 Å². The molecule has 13 nitrogen and oxygen atoms in total. The predicted molar refractivity (Wildman–Crippen MR) is 120 cm³/mol. The zero-order valence-electron chi connectivity index (χ0n) is 19.1. The van der Waals surface area contributed by atoms with Crippen molar-refractivity contribution < 1.29 is 38.1 Å². The number of carbonyl (C=O) groups excluding carboxylic acids is 1. The maximum absolute atomic E-state index is 12.3. The molecule has 192 valence electrons. The van der Waals surface area contributed by atoms with E-state index in [0.29, 0.717) is 0 Å². The first-order valence-electron chi connectivity index (χ1n) is 11.3. The second-order valence-electron chi connectivity index (χ2n) is 8.38. The van der Waals surface area contributed by atoms with Gasteiger partial charge in [0.1, 0.15) is 30.7 Å². The zero-order chi connectivity index (χ0) is 24.7. The number of nitrogens with zero attached hydrogens (tertiary/aromatic N) is 2. The van der Waals surface area contributed by atoms with Crippen molar-refractivity contribution in [2.45, 2.75) is 63.1 Å². The number of hydrogen-bond donors (Lipinski definition) is 4. The van der Waals surface area contributed by atoms with Gasteiger partial charge in [0, 0.05) is 19.9 Å². The van der Waals surface area contributed by atoms with Gasteiger partial charge in [-0.3, -0.25) is 13.9 Å². The molecule has 0 bridgehead atoms. The van der Waals surface area contributed by atoms with Crippen LogP contribution in [0.2, 0.25) is 0 Å². The number of aliphatic hydroxyl groups excluding tert-OH is 1. The first-order chi connectivity index (χ1) is 16.2. The van der Waals surface area contributed by atoms with Crippen LogP contribution in [0, 0.1) is 5.92 Å². The van der Waals surface area contributed by atoms with E-state index in [1.165, 1.54) is 19.4 Å². The lowest BCUT2D eigenvalue weighted by atomic mass is 10.0. The SMILES string of the molecule is COC1C(O)[C@@H](COP(=O)(O)NCCOC(=O)C2CCCCCC2)O[C@H]1n1ccc(N)nc1=O. The summed E-state index contributed by atoms with van der Waals surface area (Å²) in [5.41, 5.74) is 4.79. The Bertz CT molecular complexity index is 922. The van der Waals surface area contributed by atoms with Crippen LogP contribution in [0.4, 0.5) is 5.82 Å². The van der Waals surface area contributed by atoms with Crippen molar-refractivity contribution in [2.24, 2.45) is 5.92 Å². The third-order valence-corrected chi connectivity index (χ3v) is 7.09. The standard InChI is InChI=1S/C20H33N4O9P/c1-30-17-16(25)14(33-18(17)24-10-8-15(21)23-20(24)27)12-32-34(28,29)22-9-11-31-19(26)13-6-4-2-3-5-7-13/h8,10,13-14,16-18,25H,2-7,9,11-12H2,1H3,(H2,21,23,27)(H2,22,28,29)/t14-,16?,17?,18-/m1/s1. The maximum Gasteiger partial charge on any atom is 0.403 e. The number of methoxy groups -OCH3 is 1. The molecule has 1 aliphatic heterocycles. The molecule has 5 N–H and O–H groups in total. The molecular weight excluding hydrogens is 471 g/mol. The molecule has 14 heteroatoms. The molecule has 0 amide bonds. The van der Waals surface area contributed by atoms with E-state index in [1.807, 2.05) is 0 Å². The number of ether oxygens (including phenoxy) is 3. The molecule has 0 aromatic carbocycles. The molecule has 5 atom stereocenters. The van der Waals surface area contributed by atoms with Crippen LogP contribution in [0.1, 0.15) is 44.8 Å². The lowest BCUT2D eigenvalue weighted by molar-refractivity contribution is -0.148. The molecule has 1 aliphatic carbocycles. The van der Waals surface area contributed by atoms with Crippen molar-refractivity contribution >= 4 is 19.5 Å². The molecule has 34 heavy (non-hydrogen) atoms. The Labute approximate surface area is 197 Å². The normalized spacial score (nSPS) is 27.7. The Morgan fingerprint density at radius 2 is 2.06 bits per heavy atom. The van der Waals surface area contributed by atoms with Crippen LogP contribution < -0.4 is 16.5 Å². The van der Waals surface area contributed by atoms with E-state index < -0.39 is 44.6 Å². The topological polar surface area (TPSA) is 184 Å². The Kier molecular flexibility index (Phi) is 9.60. The van der Waals surface area contributed by atoms with Gasteiger partial charge in [0.25, 0.3) is 0 Å². The summed E-state index contributed by atoms with van der Waals surface area (Å²) in [6, 6.07) is 1.39. The van der Waals surface area contributed by atoms with Crippen LogP contribution >= 0.6 is 7.75 Å². The number of nitrogens with two attached hydrogens (primary N) is 1. The minimum atomic E-state index is -4.28. The van der Waals surface area contributed by atoms with E-state index in [2.05, 4.69) is 10.1 Å². The predicted octanol–water partition coefficient (Wildman–Crippen LogP) is 0.319. The third kappa shape index (κ3) is 7.08. The summed E-state index contributed by atoms with van der Waals surface area (Å²) in [5.74, 6) is -0.379. The molecule has 1 saturated heterocycles. The number of aliphatic hydroxyl groups is 1. The number of hydrogen-bond acceptors (Lipinski definition) is 10. The summed E-state index contributed by atoms with van der Waals surface area (Å²) < 4.78 is 34.6. The van der Waals surface area contributed by atoms with Gasteiger partial charge in [-0.25, -0.2) is 14.4 Å². The van der Waals surface area contributed by atoms with Crippen molar-refractivity contribution in [2.75, 3.05) is 32.6 Å². The van der Waals surface area contributed by atoms with Crippen LogP contribution in [0.3, 0.4) is 0 Å². The minimum Gasteiger partial charge on any atom is -0.464 e. The van der Waals surface area contributed by atoms with Gasteiger partial charge in [0.2, 0.25) is 0 Å². The number of rotatable bonds is 10. The quantitative estimate of drug-likeness (QED) is 0.148. The van der Waals surface area contributed by atoms with Gasteiger partial charge >= 0.3 is 19.4 Å². The van der Waals surface area contributed by atoms with Crippen LogP contribution in [-0.2, 0) is 28.1 Å². The number of nitrogens with one attached hydrogen (secondary N) is 1. The molecule has 0 spiro atoms. The van der Waals surface area contributed by atoms with Gasteiger partial charge in [-0.15, -0.1) is 0 Å². The van der Waals surface area contributed by atoms with Crippen molar-refractivity contribution in [3.63, 3.8) is 0 Å². The molecule has 0 radical (unpaired) electrons. The van der Waals surface area contributed by atoms with Gasteiger partial charge < -0.3 is 29.9 Å². The van der Waals surface area contributed by atoms with E-state index in [-0.39, 0.29) is 30.9 Å². The summed E-state index contributed by atoms with van der Waals surface area (Å²) >= 11 is 0. The largest absolute Gasteiger partial charge is 0.464 e. The van der Waals surface area contributed by atoms with Crippen molar-refractivity contribution in [1.29, 1.82) is 0 Å². The van der Waals surface area contributed by atoms with Crippen molar-refractivity contribution in [3.8, 4) is 0 Å². The average Bonchev–Trinajstić information content (AvgIpc) is 2.95. The molecule has 1 aromatic heterocycles. The van der Waals surface area contributed by atoms with E-state index in [0.717, 1.165) is 43.1 Å². The fourth-order valence-electron chi connectivity index (χ4n) is 4.15. The number of carbonyl (C=O) groups is 1. The highest BCUT2D eigenvalue weighted by Crippen LogP contribution is 2.39. The van der Waals surface area contributed by atoms with Gasteiger partial charge in [-0.05, 0) is 18.9 Å². The second kappa shape index (κ2) is 12.2. The number of anilines is 1. The molecule has 1 aromatic rings. The highest BCUT2D eigenvalue weighted by molar-refractivity contribution is 7.50. The lowest BCUT2D eigenvalue weighted by Gasteiger charge is -2.20. The molecule has 3 unspecified atom stereocenters. The lowest BCUT2D eigenvalue weighted by Crippen LogP contribution is -2.37. The van der Waals surface area contributed by atoms with Crippen LogP contribution in [0.15, 0.2) is 17.1 Å². The van der Waals surface area contributed by atoms with Gasteiger partial charge in [-0.2, -0.15) is 4.98 Å². The molecule has 2 fully saturated rings. The Morgan fingerprint density at radius 1 is 1.35 bits per heavy atom. The molecular formula is C20H33N4O9P. The van der Waals surface area contributed by atoms with Gasteiger partial charge in [-0.1, -0.05) is 25.7 Å². The van der Waals surface area contributed by atoms with Crippen molar-refractivity contribution in [3.05, 3.63) is 22.7 Å². The molecule has 2 aliphatic rings. The first kappa shape index (κ1) is 26.7. The highest BCUT2D eigenvalue weighted by atomic mass is 31.2. The molecule has 3 rings (SSSR count). The monoisotopic (exact) mass is 504 g/mol.